The van der Waals surface area contributed by atoms with Gasteiger partial charge in [0.25, 0.3) is 0 Å². The number of hydrogen-bond acceptors (Lipinski definition) is 3. The molecule has 0 amide bonds. The molecular formula is C43H42N4OPt. The number of aromatic nitrogens is 4. The number of hydrogen-bond donors (Lipinski definition) is 0. The SMILES string of the molecule is CCCc1cc(Oc2[c-]c3c(cc2)c2cc(CCC(C)C)ccc2n3-c2cc(C)ccn2)[c-]c(-n2nc(C)c(-c3ccccc3)c2C)c1.[Pt+2]. The van der Waals surface area contributed by atoms with Gasteiger partial charge < -0.3 is 9.30 Å². The molecule has 0 radical (unpaired) electrons. The van der Waals surface area contributed by atoms with Gasteiger partial charge in [-0.2, -0.15) is 16.7 Å². The van der Waals surface area contributed by atoms with Crippen LogP contribution in [0.15, 0.2) is 91.1 Å². The molecule has 3 aromatic heterocycles. The quantitative estimate of drug-likeness (QED) is 0.129. The van der Waals surface area contributed by atoms with Gasteiger partial charge in [-0.3, -0.25) is 4.68 Å². The fraction of sp³-hybridized carbons (Fsp3) is 0.256. The number of fused-ring (bicyclic) bond motifs is 3. The molecule has 0 saturated carbocycles. The first kappa shape index (κ1) is 34.4. The third-order valence-corrected chi connectivity index (χ3v) is 9.08. The minimum absolute atomic E-state index is 0. The van der Waals surface area contributed by atoms with E-state index in [1.54, 1.807) is 0 Å². The zero-order chi connectivity index (χ0) is 33.4. The van der Waals surface area contributed by atoms with E-state index < -0.39 is 0 Å². The number of nitrogens with zero attached hydrogens (tertiary/aromatic N) is 4. The van der Waals surface area contributed by atoms with E-state index in [4.69, 9.17) is 14.8 Å². The molecule has 0 N–H and O–H groups in total. The second-order valence-corrected chi connectivity index (χ2v) is 13.3. The Morgan fingerprint density at radius 1 is 0.796 bits per heavy atom. The Bertz CT molecular complexity index is 2250. The molecule has 3 heterocycles. The number of rotatable bonds is 10. The fourth-order valence-electron chi connectivity index (χ4n) is 6.73. The molecule has 0 fully saturated rings. The van der Waals surface area contributed by atoms with E-state index in [0.29, 0.717) is 17.4 Å². The maximum absolute atomic E-state index is 6.61. The van der Waals surface area contributed by atoms with E-state index in [9.17, 15) is 0 Å². The molecule has 0 spiro atoms. The summed E-state index contributed by atoms with van der Waals surface area (Å²) in [6.07, 6.45) is 6.04. The summed E-state index contributed by atoms with van der Waals surface area (Å²) in [6.45, 7) is 13.0. The van der Waals surface area contributed by atoms with Crippen LogP contribution in [0.3, 0.4) is 0 Å². The normalized spacial score (nSPS) is 11.4. The molecule has 7 aromatic rings. The van der Waals surface area contributed by atoms with Gasteiger partial charge in [0, 0.05) is 34.5 Å². The van der Waals surface area contributed by atoms with E-state index in [1.807, 2.05) is 29.1 Å². The molecule has 7 rings (SSSR count). The predicted octanol–water partition coefficient (Wildman–Crippen LogP) is 10.9. The van der Waals surface area contributed by atoms with Gasteiger partial charge in [-0.15, -0.1) is 35.7 Å². The molecule has 0 aliphatic carbocycles. The molecular weight excluding hydrogens is 784 g/mol. The Balaban J connectivity index is 0.00000417. The van der Waals surface area contributed by atoms with Crippen LogP contribution in [0.1, 0.15) is 61.7 Å². The van der Waals surface area contributed by atoms with E-state index in [-0.39, 0.29) is 21.1 Å². The number of ether oxygens (including phenoxy) is 1. The fourth-order valence-corrected chi connectivity index (χ4v) is 6.73. The first-order valence-corrected chi connectivity index (χ1v) is 17.1. The van der Waals surface area contributed by atoms with Crippen molar-refractivity contribution in [3.63, 3.8) is 0 Å². The largest absolute Gasteiger partial charge is 2.00 e. The Labute approximate surface area is 304 Å². The molecule has 0 saturated heterocycles. The van der Waals surface area contributed by atoms with Crippen LogP contribution in [-0.2, 0) is 33.9 Å². The Hall–Kier alpha value is -4.47. The van der Waals surface area contributed by atoms with Crippen LogP contribution in [0.2, 0.25) is 0 Å². The zero-order valence-electron chi connectivity index (χ0n) is 29.1. The van der Waals surface area contributed by atoms with Crippen molar-refractivity contribution in [1.82, 2.24) is 19.3 Å². The van der Waals surface area contributed by atoms with Crippen molar-refractivity contribution >= 4 is 21.8 Å². The summed E-state index contributed by atoms with van der Waals surface area (Å²) in [7, 11) is 0. The van der Waals surface area contributed by atoms with Gasteiger partial charge in [-0.1, -0.05) is 81.6 Å². The van der Waals surface area contributed by atoms with Crippen molar-refractivity contribution in [2.75, 3.05) is 0 Å². The zero-order valence-corrected chi connectivity index (χ0v) is 31.4. The summed E-state index contributed by atoms with van der Waals surface area (Å²) < 4.78 is 10.8. The molecule has 5 nitrogen and oxygen atoms in total. The summed E-state index contributed by atoms with van der Waals surface area (Å²) in [4.78, 5) is 4.78. The van der Waals surface area contributed by atoms with E-state index in [1.165, 1.54) is 16.5 Å². The molecule has 250 valence electrons. The summed E-state index contributed by atoms with van der Waals surface area (Å²) in [6, 6.07) is 37.1. The molecule has 4 aromatic carbocycles. The number of pyridine rings is 1. The van der Waals surface area contributed by atoms with Crippen LogP contribution in [0, 0.1) is 38.8 Å². The number of aryl methyl sites for hydroxylation is 4. The van der Waals surface area contributed by atoms with Gasteiger partial charge in [-0.25, -0.2) is 4.98 Å². The van der Waals surface area contributed by atoms with Crippen LogP contribution < -0.4 is 4.74 Å². The maximum atomic E-state index is 6.61. The van der Waals surface area contributed by atoms with Gasteiger partial charge in [0.2, 0.25) is 0 Å². The summed E-state index contributed by atoms with van der Waals surface area (Å²) in [5.74, 6) is 2.81. The van der Waals surface area contributed by atoms with Crippen molar-refractivity contribution in [2.24, 2.45) is 5.92 Å². The van der Waals surface area contributed by atoms with E-state index in [0.717, 1.165) is 81.7 Å². The van der Waals surface area contributed by atoms with E-state index in [2.05, 4.69) is 125 Å². The Morgan fingerprint density at radius 2 is 1.61 bits per heavy atom. The van der Waals surface area contributed by atoms with Crippen LogP contribution in [-0.4, -0.2) is 19.3 Å². The molecule has 0 aliphatic heterocycles. The summed E-state index contributed by atoms with van der Waals surface area (Å²) >= 11 is 0. The third kappa shape index (κ3) is 7.00. The first-order chi connectivity index (χ1) is 23.3. The van der Waals surface area contributed by atoms with Crippen LogP contribution in [0.4, 0.5) is 0 Å². The van der Waals surface area contributed by atoms with Gasteiger partial charge in [0.15, 0.2) is 0 Å². The standard InChI is InChI=1S/C43H42N4O.Pt/c1-7-11-33-23-35(47-31(6)43(30(5)45-47)34-12-9-8-10-13-34)26-37(24-33)48-36-17-18-38-39-25-32(15-14-28(2)3)16-19-40(39)46(41(38)27-36)42-22-29(4)20-21-44-42;/h8-10,12-13,16-25,28H,7,11,14-15H2,1-6H3;/q-2;+2. The topological polar surface area (TPSA) is 44.9 Å². The molecule has 0 atom stereocenters. The molecule has 0 unspecified atom stereocenters. The van der Waals surface area contributed by atoms with Crippen molar-refractivity contribution in [3.05, 3.63) is 131 Å². The second-order valence-electron chi connectivity index (χ2n) is 13.3. The minimum atomic E-state index is 0. The van der Waals surface area contributed by atoms with Gasteiger partial charge in [-0.05, 0) is 85.5 Å². The Kier molecular flexibility index (Phi) is 10.2. The Morgan fingerprint density at radius 3 is 2.37 bits per heavy atom. The van der Waals surface area contributed by atoms with Crippen molar-refractivity contribution in [2.45, 2.75) is 67.2 Å². The summed E-state index contributed by atoms with van der Waals surface area (Å²) in [5.41, 5.74) is 11.0. The van der Waals surface area contributed by atoms with Gasteiger partial charge >= 0.3 is 21.1 Å². The van der Waals surface area contributed by atoms with Crippen molar-refractivity contribution in [1.29, 1.82) is 0 Å². The minimum Gasteiger partial charge on any atom is -0.509 e. The van der Waals surface area contributed by atoms with Crippen LogP contribution >= 0.6 is 0 Å². The molecule has 6 heteroatoms. The number of benzene rings is 4. The molecule has 49 heavy (non-hydrogen) atoms. The average Bonchev–Trinajstić information content (AvgIpc) is 3.56. The van der Waals surface area contributed by atoms with E-state index >= 15 is 0 Å². The van der Waals surface area contributed by atoms with Crippen LogP contribution in [0.25, 0.3) is 44.4 Å². The van der Waals surface area contributed by atoms with Gasteiger partial charge in [0.05, 0.1) is 5.69 Å². The van der Waals surface area contributed by atoms with Crippen molar-refractivity contribution in [3.8, 4) is 34.1 Å². The third-order valence-electron chi connectivity index (χ3n) is 9.08. The maximum Gasteiger partial charge on any atom is 2.00 e. The average molecular weight is 826 g/mol. The van der Waals surface area contributed by atoms with Crippen LogP contribution in [0.5, 0.6) is 11.5 Å². The van der Waals surface area contributed by atoms with Gasteiger partial charge in [0.1, 0.15) is 5.82 Å². The second kappa shape index (κ2) is 14.6. The monoisotopic (exact) mass is 825 g/mol. The smallest absolute Gasteiger partial charge is 0.509 e. The first-order valence-electron chi connectivity index (χ1n) is 17.1. The summed E-state index contributed by atoms with van der Waals surface area (Å²) in [5, 5.41) is 7.30. The molecule has 0 bridgehead atoms. The molecule has 0 aliphatic rings. The predicted molar refractivity (Wildman–Crippen MR) is 197 cm³/mol. The van der Waals surface area contributed by atoms with Crippen molar-refractivity contribution < 1.29 is 25.8 Å².